The number of anilines is 1. The van der Waals surface area contributed by atoms with Crippen LogP contribution in [0, 0.1) is 11.7 Å². The number of nitrogens with zero attached hydrogens (tertiary/aromatic N) is 3. The molecule has 164 valence electrons. The van der Waals surface area contributed by atoms with Crippen LogP contribution < -0.4 is 10.6 Å². The van der Waals surface area contributed by atoms with Crippen molar-refractivity contribution in [1.82, 2.24) is 20.4 Å². The van der Waals surface area contributed by atoms with Crippen molar-refractivity contribution >= 4 is 34.1 Å². The summed E-state index contributed by atoms with van der Waals surface area (Å²) in [4.78, 5) is 14.6. The molecule has 1 fully saturated rings. The number of hydrogen-bond acceptors (Lipinski definition) is 8. The number of nitrogens with one attached hydrogen (secondary N) is 2. The summed E-state index contributed by atoms with van der Waals surface area (Å²) in [6, 6.07) is 6.30. The maximum absolute atomic E-state index is 12.9. The number of morpholine rings is 1. The zero-order valence-electron chi connectivity index (χ0n) is 17.3. The second kappa shape index (κ2) is 11.6. The van der Waals surface area contributed by atoms with Crippen molar-refractivity contribution in [1.29, 1.82) is 0 Å². The monoisotopic (exact) mass is 453 g/mol. The Morgan fingerprint density at radius 2 is 2.17 bits per heavy atom. The predicted molar refractivity (Wildman–Crippen MR) is 118 cm³/mol. The second-order valence-corrected chi connectivity index (χ2v) is 9.79. The molecule has 1 amide bonds. The number of rotatable bonds is 10. The Hall–Kier alpha value is -1.75. The van der Waals surface area contributed by atoms with E-state index in [1.807, 2.05) is 0 Å². The van der Waals surface area contributed by atoms with Gasteiger partial charge >= 0.3 is 0 Å². The van der Waals surface area contributed by atoms with Crippen molar-refractivity contribution in [2.24, 2.45) is 5.92 Å². The molecule has 1 unspecified atom stereocenters. The fourth-order valence-corrected chi connectivity index (χ4v) is 4.69. The van der Waals surface area contributed by atoms with Crippen LogP contribution in [0.3, 0.4) is 0 Å². The molecule has 0 bridgehead atoms. The summed E-state index contributed by atoms with van der Waals surface area (Å²) in [6.45, 7) is 9.04. The van der Waals surface area contributed by atoms with E-state index in [4.69, 9.17) is 4.74 Å². The van der Waals surface area contributed by atoms with Crippen molar-refractivity contribution in [2.75, 3.05) is 43.9 Å². The number of amides is 1. The van der Waals surface area contributed by atoms with Crippen molar-refractivity contribution in [3.63, 3.8) is 0 Å². The highest BCUT2D eigenvalue weighted by Crippen LogP contribution is 2.25. The number of carbonyl (C=O) groups is 1. The van der Waals surface area contributed by atoms with Crippen LogP contribution in [0.4, 0.5) is 9.52 Å². The van der Waals surface area contributed by atoms with Gasteiger partial charge in [0.2, 0.25) is 11.0 Å². The zero-order valence-corrected chi connectivity index (χ0v) is 18.9. The maximum Gasteiger partial charge on any atom is 0.230 e. The Balaban J connectivity index is 1.34. The quantitative estimate of drug-likeness (QED) is 0.536. The summed E-state index contributed by atoms with van der Waals surface area (Å²) in [5, 5.41) is 15.0. The molecule has 0 aliphatic carbocycles. The van der Waals surface area contributed by atoms with Crippen LogP contribution in [0.15, 0.2) is 28.6 Å². The van der Waals surface area contributed by atoms with Gasteiger partial charge in [-0.05, 0) is 23.6 Å². The van der Waals surface area contributed by atoms with Gasteiger partial charge in [0.05, 0.1) is 18.5 Å². The van der Waals surface area contributed by atoms with Gasteiger partial charge in [0.1, 0.15) is 5.82 Å². The number of aromatic nitrogens is 2. The number of benzene rings is 1. The average molecular weight is 454 g/mol. The van der Waals surface area contributed by atoms with Gasteiger partial charge in [-0.15, -0.1) is 10.2 Å². The Kier molecular flexibility index (Phi) is 8.86. The normalized spacial score (nSPS) is 17.3. The van der Waals surface area contributed by atoms with E-state index in [-0.39, 0.29) is 23.6 Å². The first-order valence-electron chi connectivity index (χ1n) is 10.0. The first-order chi connectivity index (χ1) is 14.5. The third-order valence-corrected chi connectivity index (χ3v) is 6.48. The molecule has 1 aromatic carbocycles. The highest BCUT2D eigenvalue weighted by atomic mass is 32.2. The van der Waals surface area contributed by atoms with Crippen LogP contribution in [0.5, 0.6) is 0 Å². The van der Waals surface area contributed by atoms with Crippen molar-refractivity contribution in [2.45, 2.75) is 30.8 Å². The van der Waals surface area contributed by atoms with Crippen LogP contribution in [0.1, 0.15) is 19.4 Å². The molecule has 2 N–H and O–H groups in total. The Morgan fingerprint density at radius 1 is 1.37 bits per heavy atom. The molecule has 2 aromatic rings. The summed E-state index contributed by atoms with van der Waals surface area (Å²) in [5.74, 6) is 0.613. The lowest BCUT2D eigenvalue weighted by molar-refractivity contribution is -0.119. The lowest BCUT2D eigenvalue weighted by Crippen LogP contribution is -2.48. The average Bonchev–Trinajstić information content (AvgIpc) is 3.18. The van der Waals surface area contributed by atoms with Gasteiger partial charge in [0.15, 0.2) is 4.34 Å². The fraction of sp³-hybridized carbons (Fsp3) is 0.550. The van der Waals surface area contributed by atoms with Crippen LogP contribution in [0.25, 0.3) is 0 Å². The van der Waals surface area contributed by atoms with E-state index in [1.54, 1.807) is 12.1 Å². The first kappa shape index (κ1) is 22.9. The summed E-state index contributed by atoms with van der Waals surface area (Å²) in [7, 11) is 0. The molecule has 1 atom stereocenters. The molecule has 7 nitrogen and oxygen atoms in total. The Morgan fingerprint density at radius 3 is 2.93 bits per heavy atom. The van der Waals surface area contributed by atoms with E-state index in [9.17, 15) is 9.18 Å². The van der Waals surface area contributed by atoms with Crippen LogP contribution in [-0.4, -0.2) is 65.6 Å². The maximum atomic E-state index is 12.9. The van der Waals surface area contributed by atoms with Gasteiger partial charge in [0.25, 0.3) is 0 Å². The van der Waals surface area contributed by atoms with E-state index < -0.39 is 0 Å². The standard InChI is InChI=1S/C20H28FN5O2S2/c1-14(2)11-26-7-8-28-17(12-26)10-22-18(27)13-29-20-25-24-19(30-20)23-9-15-3-5-16(21)6-4-15/h3-6,14,17H,7-13H2,1-2H3,(H,22,27)(H,23,24). The van der Waals surface area contributed by atoms with E-state index >= 15 is 0 Å². The molecule has 0 spiro atoms. The van der Waals surface area contributed by atoms with E-state index in [1.165, 1.54) is 35.2 Å². The topological polar surface area (TPSA) is 79.4 Å². The lowest BCUT2D eigenvalue weighted by atomic mass is 10.2. The largest absolute Gasteiger partial charge is 0.374 e. The van der Waals surface area contributed by atoms with Gasteiger partial charge in [-0.3, -0.25) is 9.69 Å². The van der Waals surface area contributed by atoms with E-state index in [2.05, 4.69) is 39.6 Å². The molecular weight excluding hydrogens is 425 g/mol. The van der Waals surface area contributed by atoms with E-state index in [0.29, 0.717) is 30.7 Å². The number of hydrogen-bond donors (Lipinski definition) is 2. The molecule has 1 aliphatic rings. The molecule has 0 saturated carbocycles. The summed E-state index contributed by atoms with van der Waals surface area (Å²) in [5.41, 5.74) is 0.956. The zero-order chi connectivity index (χ0) is 21.3. The number of thioether (sulfide) groups is 1. The molecular formula is C20H28FN5O2S2. The first-order valence-corrected chi connectivity index (χ1v) is 11.8. The highest BCUT2D eigenvalue weighted by molar-refractivity contribution is 8.01. The molecule has 2 heterocycles. The van der Waals surface area contributed by atoms with Gasteiger partial charge in [-0.25, -0.2) is 4.39 Å². The minimum atomic E-state index is -0.255. The third kappa shape index (κ3) is 7.82. The highest BCUT2D eigenvalue weighted by Gasteiger charge is 2.21. The Labute approximate surface area is 184 Å². The van der Waals surface area contributed by atoms with Gasteiger partial charge in [-0.2, -0.15) is 0 Å². The molecule has 3 rings (SSSR count). The molecule has 1 aromatic heterocycles. The minimum Gasteiger partial charge on any atom is -0.374 e. The van der Waals surface area contributed by atoms with Crippen molar-refractivity contribution in [3.05, 3.63) is 35.6 Å². The second-order valence-electron chi connectivity index (χ2n) is 7.59. The molecule has 30 heavy (non-hydrogen) atoms. The molecule has 0 radical (unpaired) electrons. The SMILES string of the molecule is CC(C)CN1CCOC(CNC(=O)CSc2nnc(NCc3ccc(F)cc3)s2)C1. The van der Waals surface area contributed by atoms with Crippen LogP contribution >= 0.6 is 23.1 Å². The third-order valence-electron chi connectivity index (χ3n) is 4.46. The van der Waals surface area contributed by atoms with Crippen molar-refractivity contribution in [3.8, 4) is 0 Å². The summed E-state index contributed by atoms with van der Waals surface area (Å²) in [6.07, 6.45) is 0.0373. The number of halogens is 1. The minimum absolute atomic E-state index is 0.0373. The van der Waals surface area contributed by atoms with Gasteiger partial charge in [0, 0.05) is 32.7 Å². The summed E-state index contributed by atoms with van der Waals surface area (Å²) >= 11 is 2.75. The van der Waals surface area contributed by atoms with Crippen molar-refractivity contribution < 1.29 is 13.9 Å². The predicted octanol–water partition coefficient (Wildman–Crippen LogP) is 2.85. The van der Waals surface area contributed by atoms with E-state index in [0.717, 1.165) is 29.5 Å². The van der Waals surface area contributed by atoms with Crippen LogP contribution in [-0.2, 0) is 16.1 Å². The number of ether oxygens (including phenoxy) is 1. The smallest absolute Gasteiger partial charge is 0.230 e. The number of carbonyl (C=O) groups excluding carboxylic acids is 1. The molecule has 1 aliphatic heterocycles. The summed E-state index contributed by atoms with van der Waals surface area (Å²) < 4.78 is 19.4. The lowest BCUT2D eigenvalue weighted by Gasteiger charge is -2.33. The fourth-order valence-electron chi connectivity index (χ4n) is 3.11. The molecule has 1 saturated heterocycles. The van der Waals surface area contributed by atoms with Gasteiger partial charge in [-0.1, -0.05) is 49.1 Å². The van der Waals surface area contributed by atoms with Gasteiger partial charge < -0.3 is 15.4 Å². The van der Waals surface area contributed by atoms with Crippen LogP contribution in [0.2, 0.25) is 0 Å². The Bertz CT molecular complexity index is 803. The molecule has 10 heteroatoms.